The fourth-order valence-corrected chi connectivity index (χ4v) is 3.37. The van der Waals surface area contributed by atoms with Crippen molar-refractivity contribution in [2.24, 2.45) is 4.99 Å². The molecule has 2 aromatic carbocycles. The van der Waals surface area contributed by atoms with Gasteiger partial charge in [0, 0.05) is 34.8 Å². The SMILES string of the molecule is Fc1ccc([N+]2(c3ccc(Cl)cc3)C=C(Cl)N=C2Cl)c(Cl)c1. The van der Waals surface area contributed by atoms with E-state index in [0.29, 0.717) is 10.7 Å². The lowest BCUT2D eigenvalue weighted by atomic mass is 10.2. The predicted molar refractivity (Wildman–Crippen MR) is 91.5 cm³/mol. The zero-order valence-corrected chi connectivity index (χ0v) is 13.9. The van der Waals surface area contributed by atoms with Gasteiger partial charge in [0.25, 0.3) is 0 Å². The Labute approximate surface area is 146 Å². The van der Waals surface area contributed by atoms with E-state index < -0.39 is 5.82 Å². The third-order valence-corrected chi connectivity index (χ3v) is 4.40. The van der Waals surface area contributed by atoms with Gasteiger partial charge in [-0.05, 0) is 24.3 Å². The van der Waals surface area contributed by atoms with Crippen molar-refractivity contribution >= 4 is 63.1 Å². The molecule has 22 heavy (non-hydrogen) atoms. The van der Waals surface area contributed by atoms with Crippen LogP contribution in [0.15, 0.2) is 58.8 Å². The Morgan fingerprint density at radius 1 is 0.909 bits per heavy atom. The first-order chi connectivity index (χ1) is 10.4. The van der Waals surface area contributed by atoms with Crippen LogP contribution in [0, 0.1) is 5.82 Å². The average Bonchev–Trinajstić information content (AvgIpc) is 2.75. The Morgan fingerprint density at radius 3 is 2.14 bits per heavy atom. The van der Waals surface area contributed by atoms with E-state index in [1.54, 1.807) is 36.5 Å². The van der Waals surface area contributed by atoms with Crippen molar-refractivity contribution in [1.29, 1.82) is 0 Å². The molecule has 1 atom stereocenters. The van der Waals surface area contributed by atoms with Crippen LogP contribution < -0.4 is 4.48 Å². The Kier molecular flexibility index (Phi) is 4.19. The Morgan fingerprint density at radius 2 is 1.59 bits per heavy atom. The minimum absolute atomic E-state index is 0.128. The number of benzene rings is 2. The summed E-state index contributed by atoms with van der Waals surface area (Å²) in [5, 5.41) is 1.20. The van der Waals surface area contributed by atoms with Gasteiger partial charge in [-0.3, -0.25) is 0 Å². The summed E-state index contributed by atoms with van der Waals surface area (Å²) >= 11 is 24.6. The molecular weight excluding hydrogens is 369 g/mol. The maximum atomic E-state index is 13.4. The summed E-state index contributed by atoms with van der Waals surface area (Å²) in [5.41, 5.74) is 1.26. The molecule has 0 fully saturated rings. The molecule has 0 saturated heterocycles. The van der Waals surface area contributed by atoms with E-state index in [1.807, 2.05) is 0 Å². The van der Waals surface area contributed by atoms with Gasteiger partial charge in [0.05, 0.1) is 0 Å². The van der Waals surface area contributed by atoms with E-state index in [4.69, 9.17) is 46.4 Å². The van der Waals surface area contributed by atoms with Crippen molar-refractivity contribution < 1.29 is 4.39 Å². The highest BCUT2D eigenvalue weighted by atomic mass is 35.5. The molecule has 1 heterocycles. The number of hydrogen-bond acceptors (Lipinski definition) is 1. The van der Waals surface area contributed by atoms with Gasteiger partial charge >= 0.3 is 5.29 Å². The van der Waals surface area contributed by atoms with E-state index in [2.05, 4.69) is 4.99 Å². The average molecular weight is 377 g/mol. The lowest BCUT2D eigenvalue weighted by Crippen LogP contribution is -2.40. The highest BCUT2D eigenvalue weighted by molar-refractivity contribution is 6.68. The Bertz CT molecular complexity index is 802. The summed E-state index contributed by atoms with van der Waals surface area (Å²) in [7, 11) is 0. The van der Waals surface area contributed by atoms with Crippen LogP contribution in [0.3, 0.4) is 0 Å². The third kappa shape index (κ3) is 2.53. The number of hydrogen-bond donors (Lipinski definition) is 0. The zero-order valence-electron chi connectivity index (χ0n) is 10.9. The second-order valence-electron chi connectivity index (χ2n) is 4.63. The molecule has 112 valence electrons. The molecule has 0 radical (unpaired) electrons. The molecule has 0 aliphatic carbocycles. The Hall–Kier alpha value is -1.10. The van der Waals surface area contributed by atoms with Gasteiger partial charge in [0.15, 0.2) is 17.0 Å². The standard InChI is InChI=1S/C15H8Cl4FN2/c16-9-1-4-11(5-2-9)22(8-14(18)21-15(22)19)13-6-3-10(20)7-12(13)17/h1-8H/q+1. The van der Waals surface area contributed by atoms with Crippen LogP contribution in [0.4, 0.5) is 15.8 Å². The van der Waals surface area contributed by atoms with Crippen molar-refractivity contribution in [1.82, 2.24) is 4.48 Å². The first-order valence-corrected chi connectivity index (χ1v) is 7.68. The second-order valence-corrected chi connectivity index (χ2v) is 6.20. The molecule has 0 spiro atoms. The predicted octanol–water partition coefficient (Wildman–Crippen LogP) is 6.42. The maximum absolute atomic E-state index is 13.4. The van der Waals surface area contributed by atoms with Crippen molar-refractivity contribution in [2.45, 2.75) is 0 Å². The third-order valence-electron chi connectivity index (χ3n) is 3.31. The van der Waals surface area contributed by atoms with Gasteiger partial charge in [-0.15, -0.1) is 0 Å². The quantitative estimate of drug-likeness (QED) is 0.423. The van der Waals surface area contributed by atoms with Crippen LogP contribution >= 0.6 is 46.4 Å². The minimum atomic E-state index is -0.439. The fourth-order valence-electron chi connectivity index (χ4n) is 2.34. The van der Waals surface area contributed by atoms with Crippen LogP contribution in [0.1, 0.15) is 0 Å². The summed E-state index contributed by atoms with van der Waals surface area (Å²) in [6.45, 7) is 0. The number of halogens is 5. The summed E-state index contributed by atoms with van der Waals surface area (Å²) in [6.07, 6.45) is 1.63. The molecule has 7 heteroatoms. The summed E-state index contributed by atoms with van der Waals surface area (Å²) in [4.78, 5) is 4.08. The number of rotatable bonds is 2. The molecule has 0 N–H and O–H groups in total. The topological polar surface area (TPSA) is 12.4 Å². The second kappa shape index (κ2) is 5.84. The van der Waals surface area contributed by atoms with Gasteiger partial charge in [0.2, 0.25) is 0 Å². The van der Waals surface area contributed by atoms with Crippen molar-refractivity contribution in [3.05, 3.63) is 69.7 Å². The Balaban J connectivity index is 2.30. The molecule has 2 aromatic rings. The molecule has 3 rings (SSSR count). The van der Waals surface area contributed by atoms with Gasteiger partial charge in [0.1, 0.15) is 16.5 Å². The highest BCUT2D eigenvalue weighted by Gasteiger charge is 2.44. The van der Waals surface area contributed by atoms with Gasteiger partial charge in [-0.25, -0.2) is 4.39 Å². The largest absolute Gasteiger partial charge is 0.316 e. The van der Waals surface area contributed by atoms with Gasteiger partial charge in [-0.1, -0.05) is 34.8 Å². The van der Waals surface area contributed by atoms with Crippen LogP contribution in [0.5, 0.6) is 0 Å². The van der Waals surface area contributed by atoms with E-state index in [9.17, 15) is 4.39 Å². The maximum Gasteiger partial charge on any atom is 0.316 e. The lowest BCUT2D eigenvalue weighted by Gasteiger charge is -2.29. The fraction of sp³-hybridized carbons (Fsp3) is 0. The first kappa shape index (κ1) is 15.8. The van der Waals surface area contributed by atoms with Crippen LogP contribution in [-0.2, 0) is 0 Å². The minimum Gasteiger partial charge on any atom is -0.207 e. The van der Waals surface area contributed by atoms with Crippen molar-refractivity contribution in [2.75, 3.05) is 0 Å². The lowest BCUT2D eigenvalue weighted by molar-refractivity contribution is 0.626. The molecule has 0 bridgehead atoms. The molecule has 0 amide bonds. The van der Waals surface area contributed by atoms with E-state index in [1.165, 1.54) is 12.1 Å². The molecular formula is C15H8Cl4FN2+. The summed E-state index contributed by atoms with van der Waals surface area (Å²) in [6, 6.07) is 11.1. The summed E-state index contributed by atoms with van der Waals surface area (Å²) < 4.78 is 13.2. The van der Waals surface area contributed by atoms with Crippen LogP contribution in [0.2, 0.25) is 10.0 Å². The highest BCUT2D eigenvalue weighted by Crippen LogP contribution is 2.45. The number of quaternary nitrogens is 1. The van der Waals surface area contributed by atoms with E-state index >= 15 is 0 Å². The van der Waals surface area contributed by atoms with Crippen molar-refractivity contribution in [3.8, 4) is 0 Å². The number of amidine groups is 1. The van der Waals surface area contributed by atoms with Gasteiger partial charge in [-0.2, -0.15) is 9.48 Å². The van der Waals surface area contributed by atoms with Gasteiger partial charge < -0.3 is 0 Å². The monoisotopic (exact) mass is 375 g/mol. The molecule has 0 aromatic heterocycles. The normalized spacial score (nSPS) is 20.8. The van der Waals surface area contributed by atoms with E-state index in [0.717, 1.165) is 5.69 Å². The number of nitrogens with zero attached hydrogens (tertiary/aromatic N) is 2. The van der Waals surface area contributed by atoms with Crippen molar-refractivity contribution in [3.63, 3.8) is 0 Å². The molecule has 0 saturated carbocycles. The van der Waals surface area contributed by atoms with E-state index in [-0.39, 0.29) is 20.0 Å². The molecule has 1 aliphatic heterocycles. The molecule has 1 unspecified atom stereocenters. The molecule has 2 nitrogen and oxygen atoms in total. The number of aliphatic imine (C=N–C) groups is 1. The zero-order chi connectivity index (χ0) is 15.9. The molecule has 1 aliphatic rings. The summed E-state index contributed by atoms with van der Waals surface area (Å²) in [5.74, 6) is -0.439. The first-order valence-electron chi connectivity index (χ1n) is 6.17. The smallest absolute Gasteiger partial charge is 0.207 e. The van der Waals surface area contributed by atoms with Crippen LogP contribution in [0.25, 0.3) is 0 Å². The van der Waals surface area contributed by atoms with Crippen LogP contribution in [-0.4, -0.2) is 5.29 Å².